The van der Waals surface area contributed by atoms with Crippen molar-refractivity contribution in [1.82, 2.24) is 45.4 Å². The maximum absolute atomic E-state index is 14.2. The van der Waals surface area contributed by atoms with Crippen LogP contribution in [0, 0.1) is 33.1 Å². The van der Waals surface area contributed by atoms with Gasteiger partial charge in [-0.05, 0) is 85.0 Å². The molecule has 19 heteroatoms. The Balaban J connectivity index is 0.816. The molecule has 4 atom stereocenters. The summed E-state index contributed by atoms with van der Waals surface area (Å²) in [7, 11) is 0. The molecule has 69 heavy (non-hydrogen) atoms. The minimum Gasteiger partial charge on any atom is -0.391 e. The van der Waals surface area contributed by atoms with Gasteiger partial charge in [-0.25, -0.2) is 0 Å². The first-order valence-corrected chi connectivity index (χ1v) is 25.0. The lowest BCUT2D eigenvalue weighted by Gasteiger charge is -2.35. The Bertz CT molecular complexity index is 2880. The molecule has 362 valence electrons. The van der Waals surface area contributed by atoms with E-state index in [4.69, 9.17) is 21.3 Å². The number of aliphatic hydroxyl groups excluding tert-OH is 1. The van der Waals surface area contributed by atoms with E-state index < -0.39 is 41.5 Å². The average Bonchev–Trinajstić information content (AvgIpc) is 4.16. The van der Waals surface area contributed by atoms with Crippen LogP contribution in [0.2, 0.25) is 5.02 Å². The number of thiophene rings is 2. The quantitative estimate of drug-likeness (QED) is 0.0765. The van der Waals surface area contributed by atoms with Gasteiger partial charge in [0.15, 0.2) is 5.82 Å². The molecule has 2 aromatic carbocycles. The number of fused-ring (bicyclic) bond motifs is 3. The molecule has 0 bridgehead atoms. The number of hydrogen-bond acceptors (Lipinski definition) is 12. The molecule has 0 saturated carbocycles. The van der Waals surface area contributed by atoms with Crippen molar-refractivity contribution in [2.24, 2.45) is 10.4 Å². The van der Waals surface area contributed by atoms with Crippen molar-refractivity contribution < 1.29 is 29.0 Å². The Morgan fingerprint density at radius 3 is 2.39 bits per heavy atom. The third kappa shape index (κ3) is 11.0. The van der Waals surface area contributed by atoms with Gasteiger partial charge in [0, 0.05) is 58.2 Å². The number of nitrogens with one attached hydrogen (secondary N) is 3. The highest BCUT2D eigenvalue weighted by Crippen LogP contribution is 2.40. The first-order valence-electron chi connectivity index (χ1n) is 22.9. The number of ether oxygens (including phenoxy) is 1. The lowest BCUT2D eigenvalue weighted by Crippen LogP contribution is -2.57. The normalized spacial score (nSPS) is 17.1. The van der Waals surface area contributed by atoms with Gasteiger partial charge in [0.25, 0.3) is 5.91 Å². The molecular formula is C50H57ClN10O6S2. The number of likely N-dealkylation sites (tertiary alicyclic amines) is 1. The van der Waals surface area contributed by atoms with Crippen molar-refractivity contribution in [1.29, 1.82) is 0 Å². The van der Waals surface area contributed by atoms with Crippen LogP contribution in [0.5, 0.6) is 0 Å². The van der Waals surface area contributed by atoms with Crippen LogP contribution in [-0.4, -0.2) is 108 Å². The number of halogens is 1. The number of hydrogen-bond donors (Lipinski definition) is 4. The average molecular weight is 994 g/mol. The molecule has 2 aliphatic heterocycles. The van der Waals surface area contributed by atoms with Crippen LogP contribution in [0.15, 0.2) is 77.2 Å². The van der Waals surface area contributed by atoms with Crippen LogP contribution in [0.4, 0.5) is 0 Å². The van der Waals surface area contributed by atoms with Crippen LogP contribution in [0.1, 0.15) is 94.5 Å². The molecule has 8 rings (SSSR count). The second kappa shape index (κ2) is 20.9. The summed E-state index contributed by atoms with van der Waals surface area (Å²) in [5.41, 5.74) is 6.33. The number of aliphatic hydroxyl groups is 1. The summed E-state index contributed by atoms with van der Waals surface area (Å²) in [6.45, 7) is 14.9. The highest BCUT2D eigenvalue weighted by molar-refractivity contribution is 7.15. The fraction of sp³-hybridized carbons (Fsp3) is 0.400. The number of aryl methyl sites for hydroxylation is 3. The molecule has 4 aromatic heterocycles. The van der Waals surface area contributed by atoms with Gasteiger partial charge in [0.05, 0.1) is 38.0 Å². The number of β-amino-alcohol motifs (C(OH)–C–C–N with tert-alkyl or cyclic N) is 1. The zero-order chi connectivity index (χ0) is 49.1. The van der Waals surface area contributed by atoms with Crippen molar-refractivity contribution >= 4 is 63.6 Å². The second-order valence-corrected chi connectivity index (χ2v) is 21.1. The number of rotatable bonds is 16. The van der Waals surface area contributed by atoms with E-state index in [2.05, 4.69) is 63.5 Å². The van der Waals surface area contributed by atoms with Gasteiger partial charge < -0.3 is 30.7 Å². The summed E-state index contributed by atoms with van der Waals surface area (Å²) >= 11 is 9.57. The number of carbonyl (C=O) groups is 4. The summed E-state index contributed by atoms with van der Waals surface area (Å²) in [5.74, 6) is -0.311. The predicted molar refractivity (Wildman–Crippen MR) is 267 cm³/mol. The molecule has 1 fully saturated rings. The zero-order valence-corrected chi connectivity index (χ0v) is 42.1. The fourth-order valence-corrected chi connectivity index (χ4v) is 10.9. The molecule has 0 unspecified atom stereocenters. The zero-order valence-electron chi connectivity index (χ0n) is 39.7. The maximum atomic E-state index is 14.2. The van der Waals surface area contributed by atoms with E-state index >= 15 is 0 Å². The van der Waals surface area contributed by atoms with Gasteiger partial charge in [-0.3, -0.25) is 33.4 Å². The van der Waals surface area contributed by atoms with Crippen LogP contribution >= 0.6 is 34.3 Å². The van der Waals surface area contributed by atoms with Crippen molar-refractivity contribution in [3.8, 4) is 15.4 Å². The maximum Gasteiger partial charge on any atom is 0.272 e. The Morgan fingerprint density at radius 1 is 0.942 bits per heavy atom. The fourth-order valence-electron chi connectivity index (χ4n) is 8.59. The van der Waals surface area contributed by atoms with Crippen LogP contribution in [-0.2, 0) is 32.2 Å². The molecule has 0 spiro atoms. The monoisotopic (exact) mass is 992 g/mol. The van der Waals surface area contributed by atoms with E-state index in [9.17, 15) is 24.3 Å². The van der Waals surface area contributed by atoms with E-state index in [0.29, 0.717) is 23.2 Å². The van der Waals surface area contributed by atoms with Gasteiger partial charge in [0.1, 0.15) is 34.6 Å². The third-order valence-electron chi connectivity index (χ3n) is 12.4. The Labute approximate surface area is 414 Å². The minimum atomic E-state index is -1.02. The predicted octanol–water partition coefficient (Wildman–Crippen LogP) is 6.68. The van der Waals surface area contributed by atoms with E-state index in [-0.39, 0.29) is 63.2 Å². The SMILES string of the molecule is Cc1ccsc1-c1ccc(CNC(=O)[C@@H]2C[C@@H](O)CN2C(=O)[C@@H](NC(=O)c2ccn(CCOCCNC(=O)C[C@@H]3N=C(c4ccc(Cl)cc4)c4c(sc(C)c4C)-n4c(C)nnc43)n2)C(C)(C)C)cc1. The standard InChI is InChI=1S/C50H57ClN10O6S2/c1-28-17-23-68-43(28)34-10-8-32(9-11-34)26-53-47(65)39-24-36(62)27-60(39)48(66)44(50(5,6)7)55-46(64)37-16-19-59(58-37)20-22-67-21-18-52-40(63)25-38-45-57-56-31(4)61(45)49-41(29(2)30(3)69-49)42(54-38)33-12-14-35(51)15-13-33/h8-17,19,23,36,38-39,44,62H,18,20-22,24-27H2,1-7H3,(H,52,63)(H,53,65)(H,55,64)/t36-,38+,39+,44-/m1/s1. The number of amides is 4. The summed E-state index contributed by atoms with van der Waals surface area (Å²) in [6.07, 6.45) is 0.887. The Morgan fingerprint density at radius 2 is 1.68 bits per heavy atom. The molecule has 6 heterocycles. The smallest absolute Gasteiger partial charge is 0.272 e. The lowest BCUT2D eigenvalue weighted by atomic mass is 9.85. The Hall–Kier alpha value is -6.05. The van der Waals surface area contributed by atoms with Crippen molar-refractivity contribution in [3.05, 3.63) is 127 Å². The Kier molecular flexibility index (Phi) is 15.0. The van der Waals surface area contributed by atoms with E-state index in [1.54, 1.807) is 39.6 Å². The summed E-state index contributed by atoms with van der Waals surface area (Å²) < 4.78 is 9.40. The number of carbonyl (C=O) groups excluding carboxylic acids is 4. The summed E-state index contributed by atoms with van der Waals surface area (Å²) in [4.78, 5) is 63.6. The second-order valence-electron chi connectivity index (χ2n) is 18.6. The molecule has 6 aromatic rings. The molecule has 0 radical (unpaired) electrons. The molecule has 0 aliphatic carbocycles. The van der Waals surface area contributed by atoms with E-state index in [1.165, 1.54) is 15.3 Å². The van der Waals surface area contributed by atoms with Crippen molar-refractivity contribution in [3.63, 3.8) is 0 Å². The highest BCUT2D eigenvalue weighted by Gasteiger charge is 2.45. The van der Waals surface area contributed by atoms with Gasteiger partial charge in [0.2, 0.25) is 17.7 Å². The summed E-state index contributed by atoms with van der Waals surface area (Å²) in [5, 5.41) is 36.3. The van der Waals surface area contributed by atoms with Crippen molar-refractivity contribution in [2.45, 2.75) is 98.6 Å². The van der Waals surface area contributed by atoms with E-state index in [0.717, 1.165) is 43.4 Å². The topological polar surface area (TPSA) is 198 Å². The number of aromatic nitrogens is 5. The molecule has 4 amide bonds. The van der Waals surface area contributed by atoms with Crippen LogP contribution in [0.3, 0.4) is 0 Å². The highest BCUT2D eigenvalue weighted by atomic mass is 35.5. The largest absolute Gasteiger partial charge is 0.391 e. The number of benzene rings is 2. The molecule has 2 aliphatic rings. The molecular weight excluding hydrogens is 936 g/mol. The number of aliphatic imine (C=N–C) groups is 1. The van der Waals surface area contributed by atoms with Crippen molar-refractivity contribution in [2.75, 3.05) is 26.3 Å². The number of nitrogens with zero attached hydrogens (tertiary/aromatic N) is 7. The summed E-state index contributed by atoms with van der Waals surface area (Å²) in [6, 6.07) is 16.6. The van der Waals surface area contributed by atoms with Gasteiger partial charge in [-0.2, -0.15) is 5.10 Å². The lowest BCUT2D eigenvalue weighted by molar-refractivity contribution is -0.142. The first-order chi connectivity index (χ1) is 33.0. The molecule has 4 N–H and O–H groups in total. The van der Waals surface area contributed by atoms with Crippen LogP contribution < -0.4 is 16.0 Å². The van der Waals surface area contributed by atoms with Gasteiger partial charge >= 0.3 is 0 Å². The van der Waals surface area contributed by atoms with Gasteiger partial charge in [-0.15, -0.1) is 32.9 Å². The van der Waals surface area contributed by atoms with Gasteiger partial charge in [-0.1, -0.05) is 68.8 Å². The van der Waals surface area contributed by atoms with E-state index in [1.807, 2.05) is 80.8 Å². The van der Waals surface area contributed by atoms with Crippen LogP contribution in [0.25, 0.3) is 15.4 Å². The molecule has 1 saturated heterocycles. The first kappa shape index (κ1) is 49.4. The molecule has 16 nitrogen and oxygen atoms in total. The third-order valence-corrected chi connectivity index (χ3v) is 15.0. The minimum absolute atomic E-state index is 0.0345.